The van der Waals surface area contributed by atoms with Crippen LogP contribution in [-0.4, -0.2) is 17.0 Å². The molecular formula is C10H12N2O2. The lowest BCUT2D eigenvalue weighted by molar-refractivity contribution is -0.121. The second kappa shape index (κ2) is 5.01. The molecule has 0 aliphatic heterocycles. The molecule has 0 unspecified atom stereocenters. The zero-order chi connectivity index (χ0) is 10.4. The van der Waals surface area contributed by atoms with Gasteiger partial charge in [0.15, 0.2) is 0 Å². The third-order valence-electron chi connectivity index (χ3n) is 1.66. The normalized spacial score (nSPS) is 9.43. The van der Waals surface area contributed by atoms with E-state index in [0.717, 1.165) is 0 Å². The van der Waals surface area contributed by atoms with E-state index < -0.39 is 0 Å². The third-order valence-corrected chi connectivity index (χ3v) is 1.66. The van der Waals surface area contributed by atoms with Crippen molar-refractivity contribution in [1.82, 2.24) is 9.88 Å². The van der Waals surface area contributed by atoms with Gasteiger partial charge >= 0.3 is 0 Å². The van der Waals surface area contributed by atoms with E-state index in [1.54, 1.807) is 24.4 Å². The summed E-state index contributed by atoms with van der Waals surface area (Å²) in [5.41, 5.74) is -0.179. The molecule has 4 heteroatoms. The van der Waals surface area contributed by atoms with E-state index in [0.29, 0.717) is 6.54 Å². The lowest BCUT2D eigenvalue weighted by Gasteiger charge is -2.04. The number of amides is 1. The van der Waals surface area contributed by atoms with Gasteiger partial charge in [-0.05, 0) is 6.07 Å². The first kappa shape index (κ1) is 10.2. The van der Waals surface area contributed by atoms with Crippen molar-refractivity contribution in [1.29, 1.82) is 0 Å². The Kier molecular flexibility index (Phi) is 3.67. The zero-order valence-electron chi connectivity index (χ0n) is 7.77. The fourth-order valence-corrected chi connectivity index (χ4v) is 0.988. The van der Waals surface area contributed by atoms with Crippen molar-refractivity contribution in [3.8, 4) is 0 Å². The van der Waals surface area contributed by atoms with Gasteiger partial charge in [-0.1, -0.05) is 12.1 Å². The van der Waals surface area contributed by atoms with Crippen molar-refractivity contribution in [2.75, 3.05) is 6.54 Å². The Bertz CT molecular complexity index is 382. The molecule has 1 aromatic rings. The fraction of sp³-hybridized carbons (Fsp3) is 0.200. The number of carbonyl (C=O) groups is 1. The van der Waals surface area contributed by atoms with Gasteiger partial charge in [-0.25, -0.2) is 0 Å². The van der Waals surface area contributed by atoms with Crippen LogP contribution in [0.15, 0.2) is 41.8 Å². The minimum Gasteiger partial charge on any atom is -0.351 e. The monoisotopic (exact) mass is 192 g/mol. The molecule has 74 valence electrons. The van der Waals surface area contributed by atoms with Crippen LogP contribution >= 0.6 is 0 Å². The summed E-state index contributed by atoms with van der Waals surface area (Å²) in [6, 6.07) is 4.77. The molecule has 0 aliphatic carbocycles. The third kappa shape index (κ3) is 2.90. The van der Waals surface area contributed by atoms with Crippen LogP contribution in [0.1, 0.15) is 0 Å². The first-order valence-corrected chi connectivity index (χ1v) is 4.27. The Hall–Kier alpha value is -1.84. The van der Waals surface area contributed by atoms with Crippen LogP contribution in [0.3, 0.4) is 0 Å². The van der Waals surface area contributed by atoms with E-state index >= 15 is 0 Å². The van der Waals surface area contributed by atoms with Crippen molar-refractivity contribution < 1.29 is 4.79 Å². The maximum absolute atomic E-state index is 11.2. The van der Waals surface area contributed by atoms with Crippen LogP contribution in [0.2, 0.25) is 0 Å². The molecule has 0 aromatic carbocycles. The van der Waals surface area contributed by atoms with Gasteiger partial charge in [-0.2, -0.15) is 0 Å². The average molecular weight is 192 g/mol. The molecule has 0 saturated heterocycles. The molecule has 0 spiro atoms. The molecule has 4 nitrogen and oxygen atoms in total. The molecule has 0 radical (unpaired) electrons. The fourth-order valence-electron chi connectivity index (χ4n) is 0.988. The lowest BCUT2D eigenvalue weighted by atomic mass is 10.4. The Balaban J connectivity index is 2.60. The van der Waals surface area contributed by atoms with Crippen LogP contribution in [0, 0.1) is 0 Å². The number of rotatable bonds is 4. The molecule has 0 aliphatic rings. The van der Waals surface area contributed by atoms with Gasteiger partial charge in [0.05, 0.1) is 0 Å². The zero-order valence-corrected chi connectivity index (χ0v) is 7.77. The summed E-state index contributed by atoms with van der Waals surface area (Å²) in [7, 11) is 0. The molecule has 0 saturated carbocycles. The maximum Gasteiger partial charge on any atom is 0.250 e. The van der Waals surface area contributed by atoms with Gasteiger partial charge in [0.1, 0.15) is 6.54 Å². The highest BCUT2D eigenvalue weighted by Gasteiger charge is 2.01. The quantitative estimate of drug-likeness (QED) is 0.690. The molecule has 0 atom stereocenters. The predicted octanol–water partition coefficient (Wildman–Crippen LogP) is 0.150. The summed E-state index contributed by atoms with van der Waals surface area (Å²) in [5, 5.41) is 2.59. The van der Waals surface area contributed by atoms with Crippen molar-refractivity contribution in [2.24, 2.45) is 0 Å². The number of carbonyl (C=O) groups excluding carboxylic acids is 1. The smallest absolute Gasteiger partial charge is 0.250 e. The second-order valence-electron chi connectivity index (χ2n) is 2.76. The highest BCUT2D eigenvalue weighted by molar-refractivity contribution is 5.75. The van der Waals surface area contributed by atoms with Gasteiger partial charge in [0.25, 0.3) is 5.56 Å². The van der Waals surface area contributed by atoms with E-state index in [2.05, 4.69) is 11.9 Å². The van der Waals surface area contributed by atoms with Gasteiger partial charge in [0.2, 0.25) is 5.91 Å². The topological polar surface area (TPSA) is 51.1 Å². The minimum atomic E-state index is -0.196. The van der Waals surface area contributed by atoms with Crippen molar-refractivity contribution in [3.63, 3.8) is 0 Å². The summed E-state index contributed by atoms with van der Waals surface area (Å²) in [5.74, 6) is -0.196. The van der Waals surface area contributed by atoms with Gasteiger partial charge in [-0.3, -0.25) is 9.59 Å². The van der Waals surface area contributed by atoms with E-state index in [1.807, 2.05) is 0 Å². The molecule has 1 N–H and O–H groups in total. The lowest BCUT2D eigenvalue weighted by Crippen LogP contribution is -2.31. The number of nitrogens with one attached hydrogen (secondary N) is 1. The highest BCUT2D eigenvalue weighted by Crippen LogP contribution is 1.82. The number of nitrogens with zero attached hydrogens (tertiary/aromatic N) is 1. The predicted molar refractivity (Wildman–Crippen MR) is 53.9 cm³/mol. The first-order valence-electron chi connectivity index (χ1n) is 4.27. The Labute approximate surface area is 81.9 Å². The van der Waals surface area contributed by atoms with Crippen molar-refractivity contribution in [2.45, 2.75) is 6.54 Å². The largest absolute Gasteiger partial charge is 0.351 e. The standard InChI is InChI=1S/C10H12N2O2/c1-2-6-11-9(13)8-12-7-4-3-5-10(12)14/h2-5,7H,1,6,8H2,(H,11,13). The first-order chi connectivity index (χ1) is 6.74. The molecular weight excluding hydrogens is 180 g/mol. The SMILES string of the molecule is C=CCNC(=O)Cn1ccccc1=O. The van der Waals surface area contributed by atoms with E-state index in [9.17, 15) is 9.59 Å². The maximum atomic E-state index is 11.2. The van der Waals surface area contributed by atoms with Gasteiger partial charge < -0.3 is 9.88 Å². The van der Waals surface area contributed by atoms with Crippen LogP contribution in [0.5, 0.6) is 0 Å². The summed E-state index contributed by atoms with van der Waals surface area (Å²) in [6.07, 6.45) is 3.17. The Morgan fingerprint density at radius 3 is 3.00 bits per heavy atom. The summed E-state index contributed by atoms with van der Waals surface area (Å²) in [6.45, 7) is 3.94. The van der Waals surface area contributed by atoms with Crippen LogP contribution in [0.25, 0.3) is 0 Å². The Morgan fingerprint density at radius 1 is 1.57 bits per heavy atom. The molecule has 1 heterocycles. The number of pyridine rings is 1. The number of aromatic nitrogens is 1. The van der Waals surface area contributed by atoms with Crippen LogP contribution < -0.4 is 10.9 Å². The van der Waals surface area contributed by atoms with Crippen LogP contribution in [-0.2, 0) is 11.3 Å². The Morgan fingerprint density at radius 2 is 2.36 bits per heavy atom. The molecule has 14 heavy (non-hydrogen) atoms. The van der Waals surface area contributed by atoms with E-state index in [4.69, 9.17) is 0 Å². The second-order valence-corrected chi connectivity index (χ2v) is 2.76. The van der Waals surface area contributed by atoms with E-state index in [-0.39, 0.29) is 18.0 Å². The number of hydrogen-bond donors (Lipinski definition) is 1. The summed E-state index contributed by atoms with van der Waals surface area (Å²) >= 11 is 0. The summed E-state index contributed by atoms with van der Waals surface area (Å²) < 4.78 is 1.35. The van der Waals surface area contributed by atoms with Crippen molar-refractivity contribution >= 4 is 5.91 Å². The van der Waals surface area contributed by atoms with Crippen LogP contribution in [0.4, 0.5) is 0 Å². The molecule has 1 aromatic heterocycles. The molecule has 1 rings (SSSR count). The van der Waals surface area contributed by atoms with Gasteiger partial charge in [0, 0.05) is 18.8 Å². The van der Waals surface area contributed by atoms with Gasteiger partial charge in [-0.15, -0.1) is 6.58 Å². The number of hydrogen-bond acceptors (Lipinski definition) is 2. The average Bonchev–Trinajstić information content (AvgIpc) is 2.18. The molecule has 0 bridgehead atoms. The molecule has 1 amide bonds. The minimum absolute atomic E-state index is 0.0491. The summed E-state index contributed by atoms with van der Waals surface area (Å²) in [4.78, 5) is 22.4. The van der Waals surface area contributed by atoms with E-state index in [1.165, 1.54) is 10.6 Å². The highest BCUT2D eigenvalue weighted by atomic mass is 16.2. The van der Waals surface area contributed by atoms with Crippen molar-refractivity contribution in [3.05, 3.63) is 47.4 Å². The molecule has 0 fully saturated rings.